The Labute approximate surface area is 112 Å². The van der Waals surface area contributed by atoms with E-state index in [9.17, 15) is 9.59 Å². The van der Waals surface area contributed by atoms with E-state index in [4.69, 9.17) is 14.7 Å². The van der Waals surface area contributed by atoms with Gasteiger partial charge in [0.2, 0.25) is 0 Å². The summed E-state index contributed by atoms with van der Waals surface area (Å²) in [5.74, 6) is -1.22. The van der Waals surface area contributed by atoms with Gasteiger partial charge in [-0.2, -0.15) is 0 Å². The lowest BCUT2D eigenvalue weighted by atomic mass is 10.1. The predicted molar refractivity (Wildman–Crippen MR) is 67.2 cm³/mol. The van der Waals surface area contributed by atoms with Crippen LogP contribution in [0.2, 0.25) is 0 Å². The quantitative estimate of drug-likeness (QED) is 0.464. The van der Waals surface area contributed by atoms with Crippen molar-refractivity contribution in [3.05, 3.63) is 0 Å². The smallest absolute Gasteiger partial charge is 0.410 e. The van der Waals surface area contributed by atoms with Gasteiger partial charge in [0.05, 0.1) is 18.9 Å². The summed E-state index contributed by atoms with van der Waals surface area (Å²) in [6.07, 6.45) is -0.541. The molecule has 0 spiro atoms. The molecule has 1 amide bonds. The first kappa shape index (κ1) is 15.3. The number of hydrogen-bond acceptors (Lipinski definition) is 6. The third kappa shape index (κ3) is 4.11. The van der Waals surface area contributed by atoms with Crippen LogP contribution in [0, 0.1) is 5.92 Å². The zero-order valence-electron chi connectivity index (χ0n) is 11.7. The molecule has 1 rings (SSSR count). The minimum Gasteiger partial charge on any atom is -0.465 e. The molecule has 1 fully saturated rings. The van der Waals surface area contributed by atoms with Gasteiger partial charge in [-0.1, -0.05) is 5.16 Å². The van der Waals surface area contributed by atoms with Crippen LogP contribution in [0.4, 0.5) is 4.79 Å². The molecule has 7 heteroatoms. The van der Waals surface area contributed by atoms with Crippen LogP contribution in [0.25, 0.3) is 0 Å². The van der Waals surface area contributed by atoms with Crippen molar-refractivity contribution in [2.24, 2.45) is 11.1 Å². The van der Waals surface area contributed by atoms with E-state index in [-0.39, 0.29) is 25.4 Å². The highest BCUT2D eigenvalue weighted by Gasteiger charge is 2.39. The summed E-state index contributed by atoms with van der Waals surface area (Å²) in [6.45, 7) is 7.36. The lowest BCUT2D eigenvalue weighted by Gasteiger charge is -2.23. The van der Waals surface area contributed by atoms with Gasteiger partial charge in [0.15, 0.2) is 0 Å². The Balaban J connectivity index is 2.72. The lowest BCUT2D eigenvalue weighted by molar-refractivity contribution is -0.145. The molecule has 1 aliphatic heterocycles. The highest BCUT2D eigenvalue weighted by Crippen LogP contribution is 2.19. The van der Waals surface area contributed by atoms with Crippen LogP contribution in [0.3, 0.4) is 0 Å². The van der Waals surface area contributed by atoms with Crippen LogP contribution >= 0.6 is 0 Å². The van der Waals surface area contributed by atoms with E-state index in [1.165, 1.54) is 4.90 Å². The van der Waals surface area contributed by atoms with E-state index >= 15 is 0 Å². The van der Waals surface area contributed by atoms with E-state index in [0.29, 0.717) is 0 Å². The van der Waals surface area contributed by atoms with Gasteiger partial charge in [0.1, 0.15) is 11.5 Å². The van der Waals surface area contributed by atoms with Crippen LogP contribution in [-0.4, -0.2) is 53.2 Å². The normalized spacial score (nSPS) is 21.6. The maximum absolute atomic E-state index is 11.9. The van der Waals surface area contributed by atoms with Crippen molar-refractivity contribution in [2.75, 3.05) is 19.7 Å². The second kappa shape index (κ2) is 5.90. The third-order valence-electron chi connectivity index (χ3n) is 2.51. The molecule has 1 aliphatic rings. The number of amides is 1. The number of carbonyl (C=O) groups excluding carboxylic acids is 2. The number of likely N-dealkylation sites (tertiary alicyclic amines) is 1. The Morgan fingerprint density at radius 1 is 1.47 bits per heavy atom. The van der Waals surface area contributed by atoms with Gasteiger partial charge >= 0.3 is 12.1 Å². The Hall–Kier alpha value is -1.79. The summed E-state index contributed by atoms with van der Waals surface area (Å²) in [6, 6.07) is 0. The topological polar surface area (TPSA) is 88.4 Å². The average Bonchev–Trinajstić information content (AvgIpc) is 2.71. The summed E-state index contributed by atoms with van der Waals surface area (Å²) in [5, 5.41) is 12.0. The van der Waals surface area contributed by atoms with E-state index in [1.54, 1.807) is 27.7 Å². The fourth-order valence-corrected chi connectivity index (χ4v) is 1.72. The number of hydrogen-bond donors (Lipinski definition) is 1. The average molecular weight is 272 g/mol. The molecule has 1 unspecified atom stereocenters. The van der Waals surface area contributed by atoms with Gasteiger partial charge in [-0.3, -0.25) is 4.79 Å². The van der Waals surface area contributed by atoms with Crippen molar-refractivity contribution >= 4 is 17.8 Å². The monoisotopic (exact) mass is 272 g/mol. The number of ether oxygens (including phenoxy) is 2. The highest BCUT2D eigenvalue weighted by atomic mass is 16.6. The molecule has 1 atom stereocenters. The van der Waals surface area contributed by atoms with E-state index in [1.807, 2.05) is 0 Å². The van der Waals surface area contributed by atoms with Gasteiger partial charge in [-0.25, -0.2) is 4.79 Å². The Kier molecular flexibility index (Phi) is 4.74. The van der Waals surface area contributed by atoms with Crippen LogP contribution in [0.1, 0.15) is 27.7 Å². The molecule has 0 aromatic rings. The maximum atomic E-state index is 11.9. The molecule has 0 radical (unpaired) electrons. The maximum Gasteiger partial charge on any atom is 0.410 e. The lowest BCUT2D eigenvalue weighted by Crippen LogP contribution is -2.36. The van der Waals surface area contributed by atoms with E-state index in [0.717, 1.165) is 0 Å². The molecule has 0 bridgehead atoms. The number of carbonyl (C=O) groups is 2. The molecular formula is C12H20N2O5. The summed E-state index contributed by atoms with van der Waals surface area (Å²) in [4.78, 5) is 24.9. The van der Waals surface area contributed by atoms with Crippen molar-refractivity contribution in [3.63, 3.8) is 0 Å². The minimum absolute atomic E-state index is 0.0644. The SMILES string of the molecule is CCOC(=O)C1CN(C(=O)OC(C)(C)C)C/C1=N\O. The van der Waals surface area contributed by atoms with Crippen molar-refractivity contribution in [1.29, 1.82) is 0 Å². The molecule has 1 saturated heterocycles. The van der Waals surface area contributed by atoms with Crippen molar-refractivity contribution in [2.45, 2.75) is 33.3 Å². The van der Waals surface area contributed by atoms with Gasteiger partial charge < -0.3 is 19.6 Å². The second-order valence-corrected chi connectivity index (χ2v) is 5.26. The molecule has 0 saturated carbocycles. The fraction of sp³-hybridized carbons (Fsp3) is 0.750. The highest BCUT2D eigenvalue weighted by molar-refractivity contribution is 6.06. The Morgan fingerprint density at radius 2 is 2.11 bits per heavy atom. The van der Waals surface area contributed by atoms with Crippen LogP contribution < -0.4 is 0 Å². The second-order valence-electron chi connectivity index (χ2n) is 5.26. The first-order chi connectivity index (χ1) is 8.78. The predicted octanol–water partition coefficient (Wildman–Crippen LogP) is 1.25. The van der Waals surface area contributed by atoms with Crippen LogP contribution in [-0.2, 0) is 14.3 Å². The fourth-order valence-electron chi connectivity index (χ4n) is 1.72. The van der Waals surface area contributed by atoms with Crippen molar-refractivity contribution in [1.82, 2.24) is 4.90 Å². The van der Waals surface area contributed by atoms with E-state index < -0.39 is 23.6 Å². The first-order valence-corrected chi connectivity index (χ1v) is 6.14. The molecule has 1 N–H and O–H groups in total. The molecular weight excluding hydrogens is 252 g/mol. The molecule has 0 aliphatic carbocycles. The van der Waals surface area contributed by atoms with Gasteiger partial charge in [0, 0.05) is 6.54 Å². The molecule has 19 heavy (non-hydrogen) atoms. The summed E-state index contributed by atoms with van der Waals surface area (Å²) >= 11 is 0. The number of esters is 1. The largest absolute Gasteiger partial charge is 0.465 e. The zero-order chi connectivity index (χ0) is 14.6. The Morgan fingerprint density at radius 3 is 2.58 bits per heavy atom. The Bertz CT molecular complexity index is 386. The van der Waals surface area contributed by atoms with Gasteiger partial charge in [0.25, 0.3) is 0 Å². The summed E-state index contributed by atoms with van der Waals surface area (Å²) in [5.41, 5.74) is -0.403. The summed E-state index contributed by atoms with van der Waals surface area (Å²) < 4.78 is 10.1. The van der Waals surface area contributed by atoms with Crippen LogP contribution in [0.15, 0.2) is 5.16 Å². The molecule has 0 aromatic heterocycles. The molecule has 7 nitrogen and oxygen atoms in total. The van der Waals surface area contributed by atoms with Crippen LogP contribution in [0.5, 0.6) is 0 Å². The van der Waals surface area contributed by atoms with Crippen molar-refractivity contribution in [3.8, 4) is 0 Å². The van der Waals surface area contributed by atoms with Gasteiger partial charge in [-0.05, 0) is 27.7 Å². The third-order valence-corrected chi connectivity index (χ3v) is 2.51. The molecule has 0 aromatic carbocycles. The zero-order valence-corrected chi connectivity index (χ0v) is 11.7. The first-order valence-electron chi connectivity index (χ1n) is 6.14. The number of oxime groups is 1. The molecule has 108 valence electrons. The minimum atomic E-state index is -0.725. The van der Waals surface area contributed by atoms with E-state index in [2.05, 4.69) is 5.16 Å². The van der Waals surface area contributed by atoms with Gasteiger partial charge in [-0.15, -0.1) is 0 Å². The van der Waals surface area contributed by atoms with Crippen molar-refractivity contribution < 1.29 is 24.3 Å². The number of nitrogens with zero attached hydrogens (tertiary/aromatic N) is 2. The number of rotatable bonds is 2. The summed E-state index contributed by atoms with van der Waals surface area (Å²) in [7, 11) is 0. The standard InChI is InChI=1S/C12H20N2O5/c1-5-18-10(15)8-6-14(7-9(8)13-17)11(16)19-12(2,3)4/h8,17H,5-7H2,1-4H3/b13-9+. The molecule has 1 heterocycles.